The van der Waals surface area contributed by atoms with Crippen molar-refractivity contribution in [2.75, 3.05) is 11.9 Å². The second-order valence-electron chi connectivity index (χ2n) is 2.64. The third-order valence-electron chi connectivity index (χ3n) is 1.47. The minimum atomic E-state index is -3.33. The Kier molecular flexibility index (Phi) is 4.49. The molecule has 0 aliphatic rings. The molecule has 1 aromatic rings. The van der Waals surface area contributed by atoms with Crippen LogP contribution >= 0.6 is 27.3 Å². The summed E-state index contributed by atoms with van der Waals surface area (Å²) >= 11 is 4.41. The van der Waals surface area contributed by atoms with Gasteiger partial charge in [-0.2, -0.15) is 0 Å². The first-order valence-corrected chi connectivity index (χ1v) is 7.46. The molecule has 0 bridgehead atoms. The molecule has 80 valence electrons. The molecule has 1 aromatic heterocycles. The first kappa shape index (κ1) is 12.1. The molecule has 0 fully saturated rings. The highest BCUT2D eigenvalue weighted by Crippen LogP contribution is 2.17. The van der Waals surface area contributed by atoms with Crippen LogP contribution in [0.1, 0.15) is 11.4 Å². The predicted octanol–water partition coefficient (Wildman–Crippen LogP) is 1.51. The number of sulfonamides is 1. The summed E-state index contributed by atoms with van der Waals surface area (Å²) in [5, 5.41) is 1.54. The fraction of sp³-hybridized carbons (Fsp3) is 0.571. The quantitative estimate of drug-likeness (QED) is 0.662. The van der Waals surface area contributed by atoms with Crippen molar-refractivity contribution < 1.29 is 8.42 Å². The number of nitrogens with one attached hydrogen (secondary N) is 1. The Hall–Kier alpha value is 0.0200. The number of nitrogens with zero attached hydrogens (tertiary/aromatic N) is 1. The number of halogens is 1. The van der Waals surface area contributed by atoms with Gasteiger partial charge in [-0.05, 0) is 13.3 Å². The third kappa shape index (κ3) is 3.30. The number of hydrogen-bond acceptors (Lipinski definition) is 4. The van der Waals surface area contributed by atoms with Crippen LogP contribution < -0.4 is 4.72 Å². The van der Waals surface area contributed by atoms with Gasteiger partial charge in [0, 0.05) is 11.9 Å². The molecular formula is C7H11BrN2O2S2. The fourth-order valence-corrected chi connectivity index (χ4v) is 3.32. The highest BCUT2D eigenvalue weighted by molar-refractivity contribution is 9.09. The number of aromatic nitrogens is 1. The zero-order valence-corrected chi connectivity index (χ0v) is 10.9. The molecule has 0 unspecified atom stereocenters. The number of rotatable bonds is 5. The standard InChI is InChI=1S/C7H11BrN2O2S2/c1-6-9-5-7(13-6)14(11,12)10-4-2-3-8/h5,10H,2-4H2,1H3. The van der Waals surface area contributed by atoms with Crippen molar-refractivity contribution in [1.82, 2.24) is 9.71 Å². The van der Waals surface area contributed by atoms with Crippen molar-refractivity contribution in [3.8, 4) is 0 Å². The van der Waals surface area contributed by atoms with Gasteiger partial charge < -0.3 is 0 Å². The molecule has 4 nitrogen and oxygen atoms in total. The topological polar surface area (TPSA) is 59.1 Å². The van der Waals surface area contributed by atoms with Crippen LogP contribution in [-0.2, 0) is 10.0 Å². The lowest BCUT2D eigenvalue weighted by atomic mass is 10.5. The van der Waals surface area contributed by atoms with Gasteiger partial charge in [0.2, 0.25) is 0 Å². The van der Waals surface area contributed by atoms with Gasteiger partial charge in [0.1, 0.15) is 0 Å². The molecular weight excluding hydrogens is 288 g/mol. The molecule has 7 heteroatoms. The maximum atomic E-state index is 11.6. The highest BCUT2D eigenvalue weighted by Gasteiger charge is 2.15. The molecule has 0 saturated carbocycles. The molecule has 0 amide bonds. The lowest BCUT2D eigenvalue weighted by Crippen LogP contribution is -2.24. The van der Waals surface area contributed by atoms with Crippen LogP contribution in [0.25, 0.3) is 0 Å². The van der Waals surface area contributed by atoms with Gasteiger partial charge in [-0.3, -0.25) is 0 Å². The second kappa shape index (κ2) is 5.20. The molecule has 14 heavy (non-hydrogen) atoms. The average Bonchev–Trinajstić information content (AvgIpc) is 2.53. The molecule has 0 aliphatic carbocycles. The first-order chi connectivity index (χ1) is 6.56. The Balaban J connectivity index is 2.66. The van der Waals surface area contributed by atoms with Crippen LogP contribution in [-0.4, -0.2) is 25.3 Å². The van der Waals surface area contributed by atoms with Gasteiger partial charge in [-0.15, -0.1) is 11.3 Å². The van der Waals surface area contributed by atoms with E-state index in [-0.39, 0.29) is 4.21 Å². The van der Waals surface area contributed by atoms with E-state index in [4.69, 9.17) is 0 Å². The van der Waals surface area contributed by atoms with Crippen molar-refractivity contribution >= 4 is 37.3 Å². The zero-order chi connectivity index (χ0) is 10.6. The van der Waals surface area contributed by atoms with Gasteiger partial charge in [0.05, 0.1) is 11.2 Å². The Morgan fingerprint density at radius 3 is 2.86 bits per heavy atom. The average molecular weight is 299 g/mol. The molecule has 1 rings (SSSR count). The van der Waals surface area contributed by atoms with Gasteiger partial charge in [0.25, 0.3) is 10.0 Å². The SMILES string of the molecule is Cc1ncc(S(=O)(=O)NCCCBr)s1. The van der Waals surface area contributed by atoms with Gasteiger partial charge in [-0.1, -0.05) is 15.9 Å². The summed E-state index contributed by atoms with van der Waals surface area (Å²) in [5.74, 6) is 0. The number of alkyl halides is 1. The van der Waals surface area contributed by atoms with Gasteiger partial charge in [0.15, 0.2) is 4.21 Å². The minimum Gasteiger partial charge on any atom is -0.249 e. The second-order valence-corrected chi connectivity index (χ2v) is 6.66. The lowest BCUT2D eigenvalue weighted by Gasteiger charge is -2.01. The van der Waals surface area contributed by atoms with E-state index in [0.717, 1.165) is 16.8 Å². The van der Waals surface area contributed by atoms with E-state index in [2.05, 4.69) is 25.6 Å². The van der Waals surface area contributed by atoms with E-state index in [1.54, 1.807) is 6.92 Å². The van der Waals surface area contributed by atoms with E-state index < -0.39 is 10.0 Å². The van der Waals surface area contributed by atoms with Crippen LogP contribution in [0.5, 0.6) is 0 Å². The van der Waals surface area contributed by atoms with Crippen LogP contribution in [0, 0.1) is 6.92 Å². The highest BCUT2D eigenvalue weighted by atomic mass is 79.9. The van der Waals surface area contributed by atoms with E-state index in [0.29, 0.717) is 6.54 Å². The van der Waals surface area contributed by atoms with Crippen LogP contribution in [0.15, 0.2) is 10.4 Å². The molecule has 0 aliphatic heterocycles. The molecule has 0 aromatic carbocycles. The zero-order valence-electron chi connectivity index (χ0n) is 7.66. The maximum absolute atomic E-state index is 11.6. The molecule has 0 radical (unpaired) electrons. The lowest BCUT2D eigenvalue weighted by molar-refractivity contribution is 0.583. The summed E-state index contributed by atoms with van der Waals surface area (Å²) < 4.78 is 25.9. The van der Waals surface area contributed by atoms with E-state index in [9.17, 15) is 8.42 Å². The van der Waals surface area contributed by atoms with Crippen LogP contribution in [0.4, 0.5) is 0 Å². The summed E-state index contributed by atoms with van der Waals surface area (Å²) in [7, 11) is -3.33. The predicted molar refractivity (Wildman–Crippen MR) is 60.5 cm³/mol. The molecule has 1 heterocycles. The normalized spacial score (nSPS) is 11.9. The maximum Gasteiger partial charge on any atom is 0.251 e. The van der Waals surface area contributed by atoms with E-state index in [1.165, 1.54) is 17.5 Å². The minimum absolute atomic E-state index is 0.282. The Morgan fingerprint density at radius 2 is 2.36 bits per heavy atom. The van der Waals surface area contributed by atoms with Gasteiger partial charge in [-0.25, -0.2) is 18.1 Å². The first-order valence-electron chi connectivity index (χ1n) is 4.04. The summed E-state index contributed by atoms with van der Waals surface area (Å²) in [6.07, 6.45) is 2.16. The Bertz CT molecular complexity index is 388. The summed E-state index contributed by atoms with van der Waals surface area (Å²) in [6.45, 7) is 2.23. The van der Waals surface area contributed by atoms with Crippen molar-refractivity contribution in [2.45, 2.75) is 17.6 Å². The Morgan fingerprint density at radius 1 is 1.64 bits per heavy atom. The molecule has 0 saturated heterocycles. The molecule has 1 N–H and O–H groups in total. The number of thiazole rings is 1. The monoisotopic (exact) mass is 298 g/mol. The summed E-state index contributed by atoms with van der Waals surface area (Å²) in [4.78, 5) is 3.90. The third-order valence-corrected chi connectivity index (χ3v) is 4.86. The smallest absolute Gasteiger partial charge is 0.249 e. The number of hydrogen-bond donors (Lipinski definition) is 1. The van der Waals surface area contributed by atoms with Crippen molar-refractivity contribution in [1.29, 1.82) is 0 Å². The summed E-state index contributed by atoms with van der Waals surface area (Å²) in [6, 6.07) is 0. The fourth-order valence-electron chi connectivity index (χ4n) is 0.811. The van der Waals surface area contributed by atoms with E-state index in [1.807, 2.05) is 0 Å². The number of aryl methyl sites for hydroxylation is 1. The van der Waals surface area contributed by atoms with E-state index >= 15 is 0 Å². The molecule has 0 atom stereocenters. The Labute approximate surface area is 95.9 Å². The summed E-state index contributed by atoms with van der Waals surface area (Å²) in [5.41, 5.74) is 0. The molecule has 0 spiro atoms. The van der Waals surface area contributed by atoms with Crippen molar-refractivity contribution in [3.05, 3.63) is 11.2 Å². The largest absolute Gasteiger partial charge is 0.251 e. The van der Waals surface area contributed by atoms with Crippen LogP contribution in [0.2, 0.25) is 0 Å². The van der Waals surface area contributed by atoms with Gasteiger partial charge >= 0.3 is 0 Å². The van der Waals surface area contributed by atoms with Crippen LogP contribution in [0.3, 0.4) is 0 Å². The van der Waals surface area contributed by atoms with Crippen molar-refractivity contribution in [3.63, 3.8) is 0 Å². The van der Waals surface area contributed by atoms with Crippen molar-refractivity contribution in [2.24, 2.45) is 0 Å².